The van der Waals surface area contributed by atoms with Crippen LogP contribution in [0, 0.1) is 0 Å². The SMILES string of the molecule is COc1ccc(S(=O)(=O)N2CCN([C@@H](C)C(=O)NCc3ccccc3)CC2)cc1. The van der Waals surface area contributed by atoms with Crippen molar-refractivity contribution in [3.63, 3.8) is 0 Å². The summed E-state index contributed by atoms with van der Waals surface area (Å²) in [6.45, 7) is 4.06. The quantitative estimate of drug-likeness (QED) is 0.742. The van der Waals surface area contributed by atoms with E-state index in [1.165, 1.54) is 4.31 Å². The van der Waals surface area contributed by atoms with Crippen molar-refractivity contribution < 1.29 is 17.9 Å². The number of carbonyl (C=O) groups excluding carboxylic acids is 1. The number of ether oxygens (including phenoxy) is 1. The molecule has 0 unspecified atom stereocenters. The molecule has 0 radical (unpaired) electrons. The van der Waals surface area contributed by atoms with E-state index in [4.69, 9.17) is 4.74 Å². The van der Waals surface area contributed by atoms with Crippen LogP contribution in [0.1, 0.15) is 12.5 Å². The number of piperazine rings is 1. The molecule has 1 amide bonds. The van der Waals surface area contributed by atoms with Gasteiger partial charge in [-0.05, 0) is 36.8 Å². The van der Waals surface area contributed by atoms with Crippen LogP contribution in [0.3, 0.4) is 0 Å². The molecule has 2 aromatic rings. The third-order valence-electron chi connectivity index (χ3n) is 5.21. The number of carbonyl (C=O) groups is 1. The van der Waals surface area contributed by atoms with Crippen molar-refractivity contribution in [1.82, 2.24) is 14.5 Å². The maximum atomic E-state index is 12.8. The van der Waals surface area contributed by atoms with Crippen LogP contribution in [0.25, 0.3) is 0 Å². The summed E-state index contributed by atoms with van der Waals surface area (Å²) in [6, 6.07) is 15.8. The first-order chi connectivity index (χ1) is 13.9. The van der Waals surface area contributed by atoms with Gasteiger partial charge in [-0.25, -0.2) is 8.42 Å². The number of benzene rings is 2. The summed E-state index contributed by atoms with van der Waals surface area (Å²) in [7, 11) is -2.01. The summed E-state index contributed by atoms with van der Waals surface area (Å²) in [5, 5.41) is 2.95. The fourth-order valence-corrected chi connectivity index (χ4v) is 4.75. The monoisotopic (exact) mass is 417 g/mol. The van der Waals surface area contributed by atoms with E-state index in [1.807, 2.05) is 42.2 Å². The van der Waals surface area contributed by atoms with Crippen LogP contribution in [0.5, 0.6) is 5.75 Å². The van der Waals surface area contributed by atoms with E-state index in [0.29, 0.717) is 38.5 Å². The van der Waals surface area contributed by atoms with E-state index in [-0.39, 0.29) is 16.8 Å². The predicted octanol–water partition coefficient (Wildman–Crippen LogP) is 1.71. The Hall–Kier alpha value is -2.42. The molecule has 0 spiro atoms. The molecule has 1 fully saturated rings. The number of methoxy groups -OCH3 is 1. The molecule has 1 N–H and O–H groups in total. The lowest BCUT2D eigenvalue weighted by atomic mass is 10.2. The molecule has 7 nitrogen and oxygen atoms in total. The molecule has 1 saturated heterocycles. The molecule has 3 rings (SSSR count). The molecule has 0 bridgehead atoms. The van der Waals surface area contributed by atoms with Gasteiger partial charge in [-0.3, -0.25) is 9.69 Å². The first kappa shape index (κ1) is 21.3. The Morgan fingerprint density at radius 2 is 1.66 bits per heavy atom. The summed E-state index contributed by atoms with van der Waals surface area (Å²) in [4.78, 5) is 14.7. The highest BCUT2D eigenvalue weighted by molar-refractivity contribution is 7.89. The second-order valence-corrected chi connectivity index (χ2v) is 8.93. The van der Waals surface area contributed by atoms with Crippen molar-refractivity contribution in [2.45, 2.75) is 24.4 Å². The van der Waals surface area contributed by atoms with Gasteiger partial charge in [0.2, 0.25) is 15.9 Å². The van der Waals surface area contributed by atoms with Gasteiger partial charge < -0.3 is 10.1 Å². The van der Waals surface area contributed by atoms with Crippen LogP contribution in [0.4, 0.5) is 0 Å². The van der Waals surface area contributed by atoms with Gasteiger partial charge in [0.25, 0.3) is 0 Å². The standard InChI is InChI=1S/C21H27N3O4S/c1-17(21(25)22-16-18-6-4-3-5-7-18)23-12-14-24(15-13-23)29(26,27)20-10-8-19(28-2)9-11-20/h3-11,17H,12-16H2,1-2H3,(H,22,25)/t17-/m0/s1. The number of amides is 1. The van der Waals surface area contributed by atoms with Gasteiger partial charge in [0.05, 0.1) is 18.0 Å². The number of hydrogen-bond donors (Lipinski definition) is 1. The third kappa shape index (κ3) is 5.14. The average Bonchev–Trinajstić information content (AvgIpc) is 2.77. The summed E-state index contributed by atoms with van der Waals surface area (Å²) in [6.07, 6.45) is 0. The Morgan fingerprint density at radius 1 is 1.03 bits per heavy atom. The van der Waals surface area contributed by atoms with Crippen LogP contribution < -0.4 is 10.1 Å². The minimum Gasteiger partial charge on any atom is -0.497 e. The van der Waals surface area contributed by atoms with Crippen LogP contribution in [0.15, 0.2) is 59.5 Å². The van der Waals surface area contributed by atoms with E-state index in [9.17, 15) is 13.2 Å². The molecule has 1 atom stereocenters. The van der Waals surface area contributed by atoms with Crippen molar-refractivity contribution in [2.24, 2.45) is 0 Å². The van der Waals surface area contributed by atoms with Crippen molar-refractivity contribution in [2.75, 3.05) is 33.3 Å². The molecule has 1 aliphatic rings. The number of nitrogens with one attached hydrogen (secondary N) is 1. The summed E-state index contributed by atoms with van der Waals surface area (Å²) >= 11 is 0. The van der Waals surface area contributed by atoms with E-state index in [0.717, 1.165) is 5.56 Å². The molecule has 2 aromatic carbocycles. The Labute approximate surface area is 172 Å². The number of sulfonamides is 1. The zero-order valence-electron chi connectivity index (χ0n) is 16.7. The maximum absolute atomic E-state index is 12.8. The molecular weight excluding hydrogens is 390 g/mol. The normalized spacial score (nSPS) is 16.9. The van der Waals surface area contributed by atoms with E-state index in [2.05, 4.69) is 5.32 Å². The second kappa shape index (κ2) is 9.39. The van der Waals surface area contributed by atoms with Gasteiger partial charge >= 0.3 is 0 Å². The van der Waals surface area contributed by atoms with Gasteiger partial charge in [-0.1, -0.05) is 30.3 Å². The minimum absolute atomic E-state index is 0.0553. The van der Waals surface area contributed by atoms with Gasteiger partial charge in [0, 0.05) is 32.7 Å². The molecule has 1 aliphatic heterocycles. The Balaban J connectivity index is 1.54. The number of hydrogen-bond acceptors (Lipinski definition) is 5. The van der Waals surface area contributed by atoms with Crippen molar-refractivity contribution in [1.29, 1.82) is 0 Å². The third-order valence-corrected chi connectivity index (χ3v) is 7.12. The summed E-state index contributed by atoms with van der Waals surface area (Å²) < 4.78 is 32.2. The number of nitrogens with zero attached hydrogens (tertiary/aromatic N) is 2. The highest BCUT2D eigenvalue weighted by atomic mass is 32.2. The van der Waals surface area contributed by atoms with Crippen LogP contribution in [0.2, 0.25) is 0 Å². The van der Waals surface area contributed by atoms with Gasteiger partial charge in [0.15, 0.2) is 0 Å². The summed E-state index contributed by atoms with van der Waals surface area (Å²) in [5.74, 6) is 0.560. The zero-order chi connectivity index (χ0) is 20.9. The molecule has 0 aliphatic carbocycles. The number of rotatable bonds is 7. The van der Waals surface area contributed by atoms with Gasteiger partial charge in [0.1, 0.15) is 5.75 Å². The topological polar surface area (TPSA) is 79.0 Å². The predicted molar refractivity (Wildman–Crippen MR) is 111 cm³/mol. The Morgan fingerprint density at radius 3 is 2.24 bits per heavy atom. The highest BCUT2D eigenvalue weighted by Crippen LogP contribution is 2.21. The van der Waals surface area contributed by atoms with Crippen LogP contribution in [-0.2, 0) is 21.4 Å². The first-order valence-corrected chi connectivity index (χ1v) is 11.1. The first-order valence-electron chi connectivity index (χ1n) is 9.61. The molecule has 1 heterocycles. The van der Waals surface area contributed by atoms with Crippen LogP contribution >= 0.6 is 0 Å². The molecule has 8 heteroatoms. The summed E-state index contributed by atoms with van der Waals surface area (Å²) in [5.41, 5.74) is 1.04. The lowest BCUT2D eigenvalue weighted by Crippen LogP contribution is -2.54. The largest absolute Gasteiger partial charge is 0.497 e. The second-order valence-electron chi connectivity index (χ2n) is 6.99. The average molecular weight is 418 g/mol. The van der Waals surface area contributed by atoms with Crippen molar-refractivity contribution in [3.8, 4) is 5.75 Å². The van der Waals surface area contributed by atoms with E-state index < -0.39 is 10.0 Å². The van der Waals surface area contributed by atoms with Gasteiger partial charge in [-0.15, -0.1) is 0 Å². The van der Waals surface area contributed by atoms with Crippen molar-refractivity contribution >= 4 is 15.9 Å². The maximum Gasteiger partial charge on any atom is 0.243 e. The lowest BCUT2D eigenvalue weighted by Gasteiger charge is -2.36. The van der Waals surface area contributed by atoms with E-state index in [1.54, 1.807) is 31.4 Å². The zero-order valence-corrected chi connectivity index (χ0v) is 17.6. The minimum atomic E-state index is -3.55. The van der Waals surface area contributed by atoms with Gasteiger partial charge in [-0.2, -0.15) is 4.31 Å². The fraction of sp³-hybridized carbons (Fsp3) is 0.381. The smallest absolute Gasteiger partial charge is 0.243 e. The molecule has 0 saturated carbocycles. The molecule has 29 heavy (non-hydrogen) atoms. The van der Waals surface area contributed by atoms with Crippen LogP contribution in [-0.4, -0.2) is 62.9 Å². The van der Waals surface area contributed by atoms with E-state index >= 15 is 0 Å². The Bertz CT molecular complexity index is 909. The van der Waals surface area contributed by atoms with Crippen molar-refractivity contribution in [3.05, 3.63) is 60.2 Å². The fourth-order valence-electron chi connectivity index (χ4n) is 3.33. The molecule has 0 aromatic heterocycles. The highest BCUT2D eigenvalue weighted by Gasteiger charge is 2.31. The Kier molecular flexibility index (Phi) is 6.89. The molecular formula is C21H27N3O4S. The lowest BCUT2D eigenvalue weighted by molar-refractivity contribution is -0.126. The molecule has 156 valence electrons.